The molecule has 0 aliphatic carbocycles. The predicted octanol–water partition coefficient (Wildman–Crippen LogP) is 1.04. The number of nitro benzene ring substituents is 1. The van der Waals surface area contributed by atoms with Gasteiger partial charge in [0.05, 0.1) is 23.7 Å². The first-order chi connectivity index (χ1) is 9.54. The Bertz CT molecular complexity index is 526. The normalized spacial score (nSPS) is 17.8. The van der Waals surface area contributed by atoms with Crippen LogP contribution in [0.5, 0.6) is 5.75 Å². The Morgan fingerprint density at radius 2 is 2.30 bits per heavy atom. The van der Waals surface area contributed by atoms with Crippen molar-refractivity contribution in [3.63, 3.8) is 0 Å². The van der Waals surface area contributed by atoms with Gasteiger partial charge in [-0.05, 0) is 19.0 Å². The second kappa shape index (κ2) is 5.87. The fourth-order valence-corrected chi connectivity index (χ4v) is 2.30. The number of hydrogen-bond donors (Lipinski definition) is 1. The number of benzene rings is 1. The minimum Gasteiger partial charge on any atom is -0.496 e. The first-order valence-electron chi connectivity index (χ1n) is 6.35. The molecule has 1 aliphatic rings. The van der Waals surface area contributed by atoms with Gasteiger partial charge in [0.1, 0.15) is 5.75 Å². The Balaban J connectivity index is 2.26. The minimum absolute atomic E-state index is 0.0939. The van der Waals surface area contributed by atoms with Crippen LogP contribution in [0.3, 0.4) is 0 Å². The molecule has 108 valence electrons. The number of nitrogens with one attached hydrogen (secondary N) is 1. The van der Waals surface area contributed by atoms with Crippen LogP contribution in [0.2, 0.25) is 0 Å². The van der Waals surface area contributed by atoms with Crippen molar-refractivity contribution in [2.24, 2.45) is 0 Å². The predicted molar refractivity (Wildman–Crippen MR) is 73.0 cm³/mol. The number of carbonyl (C=O) groups is 1. The molecule has 0 spiro atoms. The van der Waals surface area contributed by atoms with Crippen LogP contribution in [0.25, 0.3) is 0 Å². The van der Waals surface area contributed by atoms with Gasteiger partial charge in [-0.2, -0.15) is 0 Å². The van der Waals surface area contributed by atoms with Crippen LogP contribution in [0, 0.1) is 10.1 Å². The molecule has 1 fully saturated rings. The van der Waals surface area contributed by atoms with E-state index in [4.69, 9.17) is 4.74 Å². The zero-order valence-electron chi connectivity index (χ0n) is 11.5. The molecular weight excluding hydrogens is 262 g/mol. The number of rotatable bonds is 4. The van der Waals surface area contributed by atoms with Crippen LogP contribution in [0.4, 0.5) is 5.69 Å². The highest BCUT2D eigenvalue weighted by Gasteiger charge is 2.26. The molecule has 1 aliphatic heterocycles. The summed E-state index contributed by atoms with van der Waals surface area (Å²) in [6.07, 6.45) is 0.900. The van der Waals surface area contributed by atoms with E-state index in [1.165, 1.54) is 25.3 Å². The minimum atomic E-state index is -0.513. The number of amides is 1. The maximum absolute atomic E-state index is 12.4. The van der Waals surface area contributed by atoms with E-state index in [0.29, 0.717) is 5.56 Å². The molecule has 1 unspecified atom stereocenters. The lowest BCUT2D eigenvalue weighted by Gasteiger charge is -2.24. The number of nitrogens with zero attached hydrogens (tertiary/aromatic N) is 2. The number of likely N-dealkylation sites (N-methyl/N-ethyl adjacent to an activating group) is 1. The summed E-state index contributed by atoms with van der Waals surface area (Å²) in [4.78, 5) is 24.3. The van der Waals surface area contributed by atoms with Gasteiger partial charge in [-0.3, -0.25) is 14.9 Å². The van der Waals surface area contributed by atoms with Crippen molar-refractivity contribution in [2.45, 2.75) is 12.5 Å². The molecule has 0 saturated carbocycles. The van der Waals surface area contributed by atoms with Gasteiger partial charge >= 0.3 is 0 Å². The molecule has 1 aromatic carbocycles. The molecule has 20 heavy (non-hydrogen) atoms. The number of non-ortho nitro benzene ring substituents is 1. The van der Waals surface area contributed by atoms with Crippen LogP contribution in [0.15, 0.2) is 18.2 Å². The van der Waals surface area contributed by atoms with E-state index in [0.717, 1.165) is 19.5 Å². The van der Waals surface area contributed by atoms with Crippen molar-refractivity contribution >= 4 is 11.6 Å². The Morgan fingerprint density at radius 3 is 2.85 bits per heavy atom. The molecule has 7 heteroatoms. The fraction of sp³-hybridized carbons (Fsp3) is 0.462. The van der Waals surface area contributed by atoms with E-state index in [1.807, 2.05) is 0 Å². The summed E-state index contributed by atoms with van der Waals surface area (Å²) < 4.78 is 5.10. The number of carbonyl (C=O) groups excluding carboxylic acids is 1. The van der Waals surface area contributed by atoms with Crippen molar-refractivity contribution in [3.05, 3.63) is 33.9 Å². The highest BCUT2D eigenvalue weighted by Crippen LogP contribution is 2.26. The molecule has 1 saturated heterocycles. The zero-order valence-corrected chi connectivity index (χ0v) is 11.5. The third-order valence-electron chi connectivity index (χ3n) is 3.53. The van der Waals surface area contributed by atoms with Gasteiger partial charge in [-0.25, -0.2) is 0 Å². The fourth-order valence-electron chi connectivity index (χ4n) is 2.30. The maximum Gasteiger partial charge on any atom is 0.273 e. The first-order valence-corrected chi connectivity index (χ1v) is 6.35. The zero-order chi connectivity index (χ0) is 14.7. The summed E-state index contributed by atoms with van der Waals surface area (Å²) in [5.74, 6) is 0.0347. The van der Waals surface area contributed by atoms with E-state index < -0.39 is 4.92 Å². The molecule has 1 atom stereocenters. The van der Waals surface area contributed by atoms with Crippen molar-refractivity contribution in [1.82, 2.24) is 10.2 Å². The summed E-state index contributed by atoms with van der Waals surface area (Å²) in [5, 5.41) is 13.9. The summed E-state index contributed by atoms with van der Waals surface area (Å²) in [5.41, 5.74) is 0.246. The lowest BCUT2D eigenvalue weighted by Crippen LogP contribution is -2.38. The summed E-state index contributed by atoms with van der Waals surface area (Å²) in [6, 6.07) is 4.17. The molecule has 2 rings (SSSR count). The molecule has 0 bridgehead atoms. The molecule has 0 radical (unpaired) electrons. The molecule has 7 nitrogen and oxygen atoms in total. The SMILES string of the molecule is COc1cc([N+](=O)[O-])ccc1C(=O)N(C)C1CCNC1. The van der Waals surface area contributed by atoms with E-state index in [1.54, 1.807) is 11.9 Å². The average molecular weight is 279 g/mol. The first kappa shape index (κ1) is 14.3. The van der Waals surface area contributed by atoms with E-state index in [-0.39, 0.29) is 23.4 Å². The number of ether oxygens (including phenoxy) is 1. The molecule has 0 aromatic heterocycles. The Kier molecular flexibility index (Phi) is 4.19. The Morgan fingerprint density at radius 1 is 1.55 bits per heavy atom. The lowest BCUT2D eigenvalue weighted by atomic mass is 10.1. The van der Waals surface area contributed by atoms with Gasteiger partial charge < -0.3 is 15.0 Å². The maximum atomic E-state index is 12.4. The van der Waals surface area contributed by atoms with Gasteiger partial charge in [0.2, 0.25) is 0 Å². The summed E-state index contributed by atoms with van der Waals surface area (Å²) >= 11 is 0. The number of methoxy groups -OCH3 is 1. The van der Waals surface area contributed by atoms with Crippen molar-refractivity contribution in [2.75, 3.05) is 27.2 Å². The third kappa shape index (κ3) is 2.72. The molecule has 1 aromatic rings. The van der Waals surface area contributed by atoms with Gasteiger partial charge in [-0.15, -0.1) is 0 Å². The van der Waals surface area contributed by atoms with Crippen LogP contribution >= 0.6 is 0 Å². The summed E-state index contributed by atoms with van der Waals surface area (Å²) in [6.45, 7) is 1.65. The molecule has 1 N–H and O–H groups in total. The van der Waals surface area contributed by atoms with E-state index >= 15 is 0 Å². The number of hydrogen-bond acceptors (Lipinski definition) is 5. The van der Waals surface area contributed by atoms with Gasteiger partial charge in [0.25, 0.3) is 11.6 Å². The van der Waals surface area contributed by atoms with Crippen LogP contribution < -0.4 is 10.1 Å². The lowest BCUT2D eigenvalue weighted by molar-refractivity contribution is -0.384. The van der Waals surface area contributed by atoms with Gasteiger partial charge in [0.15, 0.2) is 0 Å². The molecule has 1 amide bonds. The highest BCUT2D eigenvalue weighted by molar-refractivity contribution is 5.97. The quantitative estimate of drug-likeness (QED) is 0.657. The van der Waals surface area contributed by atoms with E-state index in [9.17, 15) is 14.9 Å². The Labute approximate surface area is 116 Å². The second-order valence-corrected chi connectivity index (χ2v) is 4.70. The monoisotopic (exact) mass is 279 g/mol. The van der Waals surface area contributed by atoms with Crippen molar-refractivity contribution < 1.29 is 14.5 Å². The topological polar surface area (TPSA) is 84.7 Å². The smallest absolute Gasteiger partial charge is 0.273 e. The van der Waals surface area contributed by atoms with Crippen LogP contribution in [-0.4, -0.2) is 49.0 Å². The van der Waals surface area contributed by atoms with Crippen LogP contribution in [-0.2, 0) is 0 Å². The van der Waals surface area contributed by atoms with Gasteiger partial charge in [-0.1, -0.05) is 0 Å². The van der Waals surface area contributed by atoms with Gasteiger partial charge in [0, 0.05) is 25.7 Å². The van der Waals surface area contributed by atoms with E-state index in [2.05, 4.69) is 5.32 Å². The third-order valence-corrected chi connectivity index (χ3v) is 3.53. The number of nitro groups is 1. The highest BCUT2D eigenvalue weighted by atomic mass is 16.6. The molecule has 1 heterocycles. The Hall–Kier alpha value is -2.15. The average Bonchev–Trinajstić information content (AvgIpc) is 2.99. The van der Waals surface area contributed by atoms with Crippen molar-refractivity contribution in [3.8, 4) is 5.75 Å². The van der Waals surface area contributed by atoms with Crippen molar-refractivity contribution in [1.29, 1.82) is 0 Å². The van der Waals surface area contributed by atoms with Crippen LogP contribution in [0.1, 0.15) is 16.8 Å². The largest absolute Gasteiger partial charge is 0.496 e. The standard InChI is InChI=1S/C13H17N3O4/c1-15(10-5-6-14-8-10)13(17)11-4-3-9(16(18)19)7-12(11)20-2/h3-4,7,10,14H,5-6,8H2,1-2H3. The molecular formula is C13H17N3O4. The second-order valence-electron chi connectivity index (χ2n) is 4.70. The summed E-state index contributed by atoms with van der Waals surface area (Å²) in [7, 11) is 3.13.